The molecule has 0 aromatic heterocycles. The highest BCUT2D eigenvalue weighted by atomic mass is 35.5. The zero-order valence-electron chi connectivity index (χ0n) is 13.4. The predicted octanol–water partition coefficient (Wildman–Crippen LogP) is 1.58. The summed E-state index contributed by atoms with van der Waals surface area (Å²) < 4.78 is 25.3. The van der Waals surface area contributed by atoms with Gasteiger partial charge in [-0.2, -0.15) is 0 Å². The fourth-order valence-corrected chi connectivity index (χ4v) is 3.80. The minimum Gasteiger partial charge on any atom is -0.398 e. The molecule has 0 unspecified atom stereocenters. The molecule has 0 aliphatic carbocycles. The minimum atomic E-state index is -3.18. The Hall–Kier alpha value is -1.31. The molecule has 2 N–H and O–H groups in total. The summed E-state index contributed by atoms with van der Waals surface area (Å²) >= 11 is 0. The van der Waals surface area contributed by atoms with Crippen molar-refractivity contribution in [3.05, 3.63) is 29.8 Å². The number of anilines is 1. The van der Waals surface area contributed by atoms with Crippen molar-refractivity contribution in [1.29, 1.82) is 0 Å². The lowest BCUT2D eigenvalue weighted by Gasteiger charge is -2.36. The molecule has 6 nitrogen and oxygen atoms in total. The summed E-state index contributed by atoms with van der Waals surface area (Å²) in [5.74, 6) is 0.0148. The summed E-state index contributed by atoms with van der Waals surface area (Å²) in [5, 5.41) is 0. The lowest BCUT2D eigenvalue weighted by atomic mass is 10.0. The van der Waals surface area contributed by atoms with Gasteiger partial charge in [-0.1, -0.05) is 12.1 Å². The number of nitrogen functional groups attached to an aromatic ring is 1. The van der Waals surface area contributed by atoms with Crippen LogP contribution in [0.3, 0.4) is 0 Å². The number of sulfonamides is 1. The van der Waals surface area contributed by atoms with Gasteiger partial charge in [0.2, 0.25) is 10.0 Å². The summed E-state index contributed by atoms with van der Waals surface area (Å²) in [4.78, 5) is 14.2. The molecule has 1 fully saturated rings. The minimum absolute atomic E-state index is 0. The summed E-state index contributed by atoms with van der Waals surface area (Å²) in [6.07, 6.45) is 1.29. The third kappa shape index (κ3) is 4.37. The maximum atomic E-state index is 12.5. The Labute approximate surface area is 144 Å². The molecule has 1 saturated heterocycles. The fourth-order valence-electron chi connectivity index (χ4n) is 2.73. The van der Waals surface area contributed by atoms with E-state index < -0.39 is 10.0 Å². The van der Waals surface area contributed by atoms with Crippen LogP contribution in [0, 0.1) is 0 Å². The second-order valence-corrected chi connectivity index (χ2v) is 7.84. The van der Waals surface area contributed by atoms with Crippen molar-refractivity contribution in [2.45, 2.75) is 25.8 Å². The third-order valence-electron chi connectivity index (χ3n) is 4.26. The van der Waals surface area contributed by atoms with E-state index in [-0.39, 0.29) is 30.1 Å². The van der Waals surface area contributed by atoms with Crippen molar-refractivity contribution in [2.75, 3.05) is 31.6 Å². The third-order valence-corrected chi connectivity index (χ3v) is 6.17. The number of nitrogens with two attached hydrogens (primary N) is 1. The number of hydrogen-bond donors (Lipinski definition) is 1. The number of piperidine rings is 1. The van der Waals surface area contributed by atoms with E-state index in [0.717, 1.165) is 0 Å². The van der Waals surface area contributed by atoms with Crippen molar-refractivity contribution in [2.24, 2.45) is 0 Å². The average molecular weight is 362 g/mol. The molecule has 0 atom stereocenters. The van der Waals surface area contributed by atoms with Gasteiger partial charge in [-0.25, -0.2) is 12.7 Å². The topological polar surface area (TPSA) is 83.7 Å². The van der Waals surface area contributed by atoms with E-state index >= 15 is 0 Å². The zero-order chi connectivity index (χ0) is 16.3. The number of nitrogens with zero attached hydrogens (tertiary/aromatic N) is 2. The van der Waals surface area contributed by atoms with Crippen LogP contribution in [0.5, 0.6) is 0 Å². The Morgan fingerprint density at radius 3 is 2.39 bits per heavy atom. The molecular weight excluding hydrogens is 338 g/mol. The summed E-state index contributed by atoms with van der Waals surface area (Å²) in [6.45, 7) is 2.73. The summed E-state index contributed by atoms with van der Waals surface area (Å²) in [6, 6.07) is 6.97. The molecule has 1 aromatic rings. The molecule has 1 aliphatic heterocycles. The number of para-hydroxylation sites is 1. The van der Waals surface area contributed by atoms with Gasteiger partial charge < -0.3 is 10.6 Å². The Bertz CT molecular complexity index is 643. The van der Waals surface area contributed by atoms with Gasteiger partial charge in [0.05, 0.1) is 11.3 Å². The van der Waals surface area contributed by atoms with Gasteiger partial charge in [0.15, 0.2) is 0 Å². The first-order chi connectivity index (χ1) is 10.4. The van der Waals surface area contributed by atoms with E-state index in [4.69, 9.17) is 5.73 Å². The van der Waals surface area contributed by atoms with Crippen LogP contribution in [0.4, 0.5) is 5.69 Å². The molecule has 23 heavy (non-hydrogen) atoms. The average Bonchev–Trinajstić information content (AvgIpc) is 2.54. The van der Waals surface area contributed by atoms with E-state index in [0.29, 0.717) is 37.2 Å². The van der Waals surface area contributed by atoms with Gasteiger partial charge in [0.1, 0.15) is 0 Å². The van der Waals surface area contributed by atoms with Gasteiger partial charge >= 0.3 is 0 Å². The number of rotatable bonds is 4. The van der Waals surface area contributed by atoms with E-state index in [9.17, 15) is 13.2 Å². The van der Waals surface area contributed by atoms with Crippen molar-refractivity contribution < 1.29 is 13.2 Å². The second kappa shape index (κ2) is 7.99. The van der Waals surface area contributed by atoms with Crippen LogP contribution in [-0.4, -0.2) is 55.5 Å². The van der Waals surface area contributed by atoms with Crippen LogP contribution in [0.2, 0.25) is 0 Å². The molecule has 2 rings (SSSR count). The zero-order valence-corrected chi connectivity index (χ0v) is 15.1. The Morgan fingerprint density at radius 1 is 1.30 bits per heavy atom. The maximum absolute atomic E-state index is 12.5. The first-order valence-electron chi connectivity index (χ1n) is 7.46. The SMILES string of the molecule is CCS(=O)(=O)N(C)C1CCN(C(=O)c2ccccc2N)CC1.Cl. The molecule has 0 saturated carbocycles. The highest BCUT2D eigenvalue weighted by molar-refractivity contribution is 7.89. The van der Waals surface area contributed by atoms with Crippen LogP contribution in [0.1, 0.15) is 30.1 Å². The molecule has 1 heterocycles. The fraction of sp³-hybridized carbons (Fsp3) is 0.533. The van der Waals surface area contributed by atoms with Crippen molar-refractivity contribution in [3.63, 3.8) is 0 Å². The van der Waals surface area contributed by atoms with Crippen LogP contribution in [0.25, 0.3) is 0 Å². The molecule has 1 aliphatic rings. The normalized spacial score (nSPS) is 16.2. The van der Waals surface area contributed by atoms with E-state index in [1.807, 2.05) is 0 Å². The molecule has 8 heteroatoms. The van der Waals surface area contributed by atoms with E-state index in [2.05, 4.69) is 0 Å². The van der Waals surface area contributed by atoms with E-state index in [1.54, 1.807) is 43.1 Å². The van der Waals surface area contributed by atoms with Gasteiger partial charge in [-0.05, 0) is 31.9 Å². The maximum Gasteiger partial charge on any atom is 0.255 e. The molecule has 1 aromatic carbocycles. The number of carbonyl (C=O) groups excluding carboxylic acids is 1. The summed E-state index contributed by atoms with van der Waals surface area (Å²) in [5.41, 5.74) is 6.83. The second-order valence-electron chi connectivity index (χ2n) is 5.53. The first kappa shape index (κ1) is 19.7. The number of benzene rings is 1. The van der Waals surface area contributed by atoms with Gasteiger partial charge in [-0.15, -0.1) is 12.4 Å². The van der Waals surface area contributed by atoms with E-state index in [1.165, 1.54) is 4.31 Å². The van der Waals surface area contributed by atoms with Gasteiger partial charge in [0, 0.05) is 31.9 Å². The Kier molecular flexibility index (Phi) is 6.85. The van der Waals surface area contributed by atoms with Crippen molar-refractivity contribution in [3.8, 4) is 0 Å². The standard InChI is InChI=1S/C15H23N3O3S.ClH/c1-3-22(20,21)17(2)12-8-10-18(11-9-12)15(19)13-6-4-5-7-14(13)16;/h4-7,12H,3,8-11,16H2,1-2H3;1H. The highest BCUT2D eigenvalue weighted by Gasteiger charge is 2.30. The number of amides is 1. The number of carbonyl (C=O) groups is 1. The summed E-state index contributed by atoms with van der Waals surface area (Å²) in [7, 11) is -1.56. The molecule has 0 bridgehead atoms. The Balaban J connectivity index is 0.00000264. The predicted molar refractivity (Wildman–Crippen MR) is 94.3 cm³/mol. The van der Waals surface area contributed by atoms with Crippen LogP contribution >= 0.6 is 12.4 Å². The lowest BCUT2D eigenvalue weighted by Crippen LogP contribution is -2.47. The quantitative estimate of drug-likeness (QED) is 0.825. The Morgan fingerprint density at radius 2 is 1.87 bits per heavy atom. The number of likely N-dealkylation sites (tertiary alicyclic amines) is 1. The van der Waals surface area contributed by atoms with Crippen molar-refractivity contribution >= 4 is 34.0 Å². The van der Waals surface area contributed by atoms with Crippen LogP contribution in [0.15, 0.2) is 24.3 Å². The number of halogens is 1. The highest BCUT2D eigenvalue weighted by Crippen LogP contribution is 2.21. The number of hydrogen-bond acceptors (Lipinski definition) is 4. The van der Waals surface area contributed by atoms with Crippen LogP contribution in [-0.2, 0) is 10.0 Å². The molecule has 0 radical (unpaired) electrons. The smallest absolute Gasteiger partial charge is 0.255 e. The van der Waals surface area contributed by atoms with Crippen molar-refractivity contribution in [1.82, 2.24) is 9.21 Å². The first-order valence-corrected chi connectivity index (χ1v) is 9.07. The molecule has 0 spiro atoms. The molecule has 130 valence electrons. The van der Waals surface area contributed by atoms with Gasteiger partial charge in [-0.3, -0.25) is 4.79 Å². The molecular formula is C15H24ClN3O3S. The van der Waals surface area contributed by atoms with Crippen LogP contribution < -0.4 is 5.73 Å². The van der Waals surface area contributed by atoms with Gasteiger partial charge in [0.25, 0.3) is 5.91 Å². The monoisotopic (exact) mass is 361 g/mol. The largest absolute Gasteiger partial charge is 0.398 e. The lowest BCUT2D eigenvalue weighted by molar-refractivity contribution is 0.0687. The molecule has 1 amide bonds.